The van der Waals surface area contributed by atoms with Gasteiger partial charge in [0.15, 0.2) is 5.78 Å². The minimum absolute atomic E-state index is 0.00241. The highest BCUT2D eigenvalue weighted by Crippen LogP contribution is 2.17. The van der Waals surface area contributed by atoms with Gasteiger partial charge in [0.1, 0.15) is 11.6 Å². The lowest BCUT2D eigenvalue weighted by Gasteiger charge is -2.04. The third-order valence-electron chi connectivity index (χ3n) is 2.23. The quantitative estimate of drug-likeness (QED) is 0.640. The van der Waals surface area contributed by atoms with Crippen molar-refractivity contribution in [3.05, 3.63) is 59.4 Å². The minimum atomic E-state index is -0.633. The number of nitrogens with two attached hydrogens (primary N) is 1. The number of anilines is 1. The molecule has 1 aromatic heterocycles. The molecular formula is C12H8F2N2O. The van der Waals surface area contributed by atoms with E-state index in [0.29, 0.717) is 0 Å². The first-order valence-corrected chi connectivity index (χ1v) is 4.78. The number of aromatic nitrogens is 1. The Morgan fingerprint density at radius 2 is 1.88 bits per heavy atom. The molecule has 0 aliphatic heterocycles. The summed E-state index contributed by atoms with van der Waals surface area (Å²) in [4.78, 5) is 15.5. The minimum Gasteiger partial charge on any atom is -0.398 e. The zero-order chi connectivity index (χ0) is 12.4. The van der Waals surface area contributed by atoms with Crippen LogP contribution < -0.4 is 5.73 Å². The highest BCUT2D eigenvalue weighted by molar-refractivity contribution is 6.11. The van der Waals surface area contributed by atoms with Gasteiger partial charge in [-0.15, -0.1) is 0 Å². The van der Waals surface area contributed by atoms with E-state index in [1.807, 2.05) is 0 Å². The van der Waals surface area contributed by atoms with E-state index in [9.17, 15) is 13.6 Å². The summed E-state index contributed by atoms with van der Waals surface area (Å²) < 4.78 is 25.9. The SMILES string of the molecule is Nc1ccc(F)cc1C(=O)c1cncc(F)c1. The Hall–Kier alpha value is -2.30. The first kappa shape index (κ1) is 11.2. The fourth-order valence-electron chi connectivity index (χ4n) is 1.42. The number of hydrogen-bond acceptors (Lipinski definition) is 3. The van der Waals surface area contributed by atoms with Gasteiger partial charge in [0, 0.05) is 23.0 Å². The molecule has 0 amide bonds. The fourth-order valence-corrected chi connectivity index (χ4v) is 1.42. The van der Waals surface area contributed by atoms with Crippen LogP contribution in [0.5, 0.6) is 0 Å². The number of carbonyl (C=O) groups excluding carboxylic acids is 1. The molecule has 2 aromatic rings. The van der Waals surface area contributed by atoms with Crippen LogP contribution in [0, 0.1) is 11.6 Å². The van der Waals surface area contributed by atoms with Gasteiger partial charge in [0.25, 0.3) is 0 Å². The highest BCUT2D eigenvalue weighted by Gasteiger charge is 2.14. The molecule has 3 nitrogen and oxygen atoms in total. The summed E-state index contributed by atoms with van der Waals surface area (Å²) in [6.45, 7) is 0. The molecule has 0 saturated heterocycles. The van der Waals surface area contributed by atoms with Crippen molar-refractivity contribution in [3.8, 4) is 0 Å². The molecule has 0 atom stereocenters. The van der Waals surface area contributed by atoms with Crippen LogP contribution in [-0.2, 0) is 0 Å². The van der Waals surface area contributed by atoms with E-state index >= 15 is 0 Å². The van der Waals surface area contributed by atoms with Gasteiger partial charge in [-0.2, -0.15) is 0 Å². The molecule has 0 saturated carbocycles. The van der Waals surface area contributed by atoms with E-state index in [0.717, 1.165) is 24.4 Å². The van der Waals surface area contributed by atoms with Crippen LogP contribution in [0.4, 0.5) is 14.5 Å². The molecule has 0 fully saturated rings. The maximum Gasteiger partial charge on any atom is 0.196 e. The van der Waals surface area contributed by atoms with Crippen LogP contribution in [0.25, 0.3) is 0 Å². The maximum atomic E-state index is 13.0. The Morgan fingerprint density at radius 3 is 2.59 bits per heavy atom. The molecule has 0 unspecified atom stereocenters. The molecule has 17 heavy (non-hydrogen) atoms. The lowest BCUT2D eigenvalue weighted by molar-refractivity contribution is 0.103. The standard InChI is InChI=1S/C12H8F2N2O/c13-8-1-2-11(15)10(4-8)12(17)7-3-9(14)6-16-5-7/h1-6H,15H2. The molecule has 5 heteroatoms. The molecule has 0 radical (unpaired) electrons. The summed E-state index contributed by atoms with van der Waals surface area (Å²) >= 11 is 0. The zero-order valence-electron chi connectivity index (χ0n) is 8.65. The van der Waals surface area contributed by atoms with Crippen molar-refractivity contribution in [1.82, 2.24) is 4.98 Å². The molecule has 0 aliphatic carbocycles. The van der Waals surface area contributed by atoms with Gasteiger partial charge in [0.05, 0.1) is 6.20 Å². The Kier molecular flexibility index (Phi) is 2.82. The van der Waals surface area contributed by atoms with E-state index in [2.05, 4.69) is 4.98 Å². The molecule has 0 spiro atoms. The summed E-state index contributed by atoms with van der Waals surface area (Å²) in [5, 5.41) is 0. The van der Waals surface area contributed by atoms with Gasteiger partial charge in [0.2, 0.25) is 0 Å². The third-order valence-corrected chi connectivity index (χ3v) is 2.23. The van der Waals surface area contributed by atoms with E-state index in [1.54, 1.807) is 0 Å². The number of ketones is 1. The zero-order valence-corrected chi connectivity index (χ0v) is 8.65. The monoisotopic (exact) mass is 234 g/mol. The second-order valence-corrected chi connectivity index (χ2v) is 3.45. The summed E-state index contributed by atoms with van der Waals surface area (Å²) in [7, 11) is 0. The summed E-state index contributed by atoms with van der Waals surface area (Å²) in [6, 6.07) is 4.48. The van der Waals surface area contributed by atoms with Crippen molar-refractivity contribution in [2.75, 3.05) is 5.73 Å². The van der Waals surface area contributed by atoms with Crippen molar-refractivity contribution in [2.45, 2.75) is 0 Å². The van der Waals surface area contributed by atoms with E-state index < -0.39 is 17.4 Å². The topological polar surface area (TPSA) is 56.0 Å². The Morgan fingerprint density at radius 1 is 1.12 bits per heavy atom. The van der Waals surface area contributed by atoms with Gasteiger partial charge in [-0.05, 0) is 24.3 Å². The summed E-state index contributed by atoms with van der Waals surface area (Å²) in [5.74, 6) is -1.77. The van der Waals surface area contributed by atoms with Crippen LogP contribution in [-0.4, -0.2) is 10.8 Å². The van der Waals surface area contributed by atoms with Crippen LogP contribution in [0.15, 0.2) is 36.7 Å². The molecule has 2 N–H and O–H groups in total. The van der Waals surface area contributed by atoms with Gasteiger partial charge in [-0.1, -0.05) is 0 Å². The molecule has 0 aliphatic rings. The number of hydrogen-bond donors (Lipinski definition) is 1. The second-order valence-electron chi connectivity index (χ2n) is 3.45. The smallest absolute Gasteiger partial charge is 0.196 e. The Balaban J connectivity index is 2.47. The number of halogens is 2. The molecule has 0 bridgehead atoms. The summed E-state index contributed by atoms with van der Waals surface area (Å²) in [5.41, 5.74) is 5.73. The van der Waals surface area contributed by atoms with Crippen LogP contribution >= 0.6 is 0 Å². The average molecular weight is 234 g/mol. The second kappa shape index (κ2) is 4.29. The highest BCUT2D eigenvalue weighted by atomic mass is 19.1. The van der Waals surface area contributed by atoms with Gasteiger partial charge in [-0.3, -0.25) is 9.78 Å². The van der Waals surface area contributed by atoms with Gasteiger partial charge >= 0.3 is 0 Å². The predicted octanol–water partition coefficient (Wildman–Crippen LogP) is 2.17. The molecule has 1 aromatic carbocycles. The predicted molar refractivity (Wildman–Crippen MR) is 58.4 cm³/mol. The molecule has 1 heterocycles. The van der Waals surface area contributed by atoms with Crippen molar-refractivity contribution in [3.63, 3.8) is 0 Å². The largest absolute Gasteiger partial charge is 0.398 e. The Labute approximate surface area is 95.9 Å². The van der Waals surface area contributed by atoms with Gasteiger partial charge < -0.3 is 5.73 Å². The van der Waals surface area contributed by atoms with Crippen molar-refractivity contribution in [2.24, 2.45) is 0 Å². The molecular weight excluding hydrogens is 226 g/mol. The third kappa shape index (κ3) is 2.28. The van der Waals surface area contributed by atoms with Crippen molar-refractivity contribution < 1.29 is 13.6 Å². The molecule has 2 rings (SSSR count). The number of rotatable bonds is 2. The van der Waals surface area contributed by atoms with E-state index in [1.165, 1.54) is 12.3 Å². The fraction of sp³-hybridized carbons (Fsp3) is 0. The number of nitrogens with zero attached hydrogens (tertiary/aromatic N) is 1. The van der Waals surface area contributed by atoms with Gasteiger partial charge in [-0.25, -0.2) is 8.78 Å². The van der Waals surface area contributed by atoms with Crippen LogP contribution in [0.1, 0.15) is 15.9 Å². The number of carbonyl (C=O) groups is 1. The van der Waals surface area contributed by atoms with Crippen molar-refractivity contribution >= 4 is 11.5 Å². The first-order chi connectivity index (χ1) is 8.08. The first-order valence-electron chi connectivity index (χ1n) is 4.78. The van der Waals surface area contributed by atoms with Crippen molar-refractivity contribution in [1.29, 1.82) is 0 Å². The lowest BCUT2D eigenvalue weighted by atomic mass is 10.0. The lowest BCUT2D eigenvalue weighted by Crippen LogP contribution is -2.06. The van der Waals surface area contributed by atoms with Crippen LogP contribution in [0.3, 0.4) is 0 Å². The molecule has 86 valence electrons. The number of nitrogen functional groups attached to an aromatic ring is 1. The van der Waals surface area contributed by atoms with E-state index in [-0.39, 0.29) is 16.8 Å². The van der Waals surface area contributed by atoms with E-state index in [4.69, 9.17) is 5.73 Å². The normalized spacial score (nSPS) is 10.2. The number of benzene rings is 1. The number of pyridine rings is 1. The van der Waals surface area contributed by atoms with Crippen LogP contribution in [0.2, 0.25) is 0 Å². The summed E-state index contributed by atoms with van der Waals surface area (Å²) in [6.07, 6.45) is 2.18. The average Bonchev–Trinajstić information content (AvgIpc) is 2.31. The Bertz CT molecular complexity index is 584. The maximum absolute atomic E-state index is 13.0.